The molecule has 1 atom stereocenters. The van der Waals surface area contributed by atoms with Gasteiger partial charge in [-0.05, 0) is 19.8 Å². The van der Waals surface area contributed by atoms with Crippen LogP contribution in [0.1, 0.15) is 39.2 Å². The molecule has 1 heterocycles. The highest BCUT2D eigenvalue weighted by molar-refractivity contribution is 5.04. The molecule has 0 amide bonds. The van der Waals surface area contributed by atoms with Crippen molar-refractivity contribution in [1.82, 2.24) is 15.1 Å². The minimum absolute atomic E-state index is 0.159. The van der Waals surface area contributed by atoms with Gasteiger partial charge >= 0.3 is 0 Å². The fourth-order valence-corrected chi connectivity index (χ4v) is 1.46. The molecule has 4 nitrogen and oxygen atoms in total. The number of hydrogen-bond donors (Lipinski definition) is 2. The van der Waals surface area contributed by atoms with E-state index in [1.807, 2.05) is 17.8 Å². The molecule has 0 aliphatic carbocycles. The molecule has 0 aromatic carbocycles. The highest BCUT2D eigenvalue weighted by Gasteiger charge is 2.19. The van der Waals surface area contributed by atoms with Gasteiger partial charge in [-0.2, -0.15) is 5.10 Å². The molecule has 1 aromatic heterocycles. The molecule has 0 bridgehead atoms. The maximum atomic E-state index is 9.27. The first kappa shape index (κ1) is 13.2. The summed E-state index contributed by atoms with van der Waals surface area (Å²) in [5, 5.41) is 16.9. The lowest BCUT2D eigenvalue weighted by atomic mass is 10.0. The van der Waals surface area contributed by atoms with E-state index in [1.54, 1.807) is 0 Å². The van der Waals surface area contributed by atoms with Crippen molar-refractivity contribution >= 4 is 0 Å². The van der Waals surface area contributed by atoms with Crippen molar-refractivity contribution in [3.05, 3.63) is 18.0 Å². The lowest BCUT2D eigenvalue weighted by Crippen LogP contribution is -2.44. The molecule has 0 aliphatic rings. The van der Waals surface area contributed by atoms with Gasteiger partial charge in [0.05, 0.1) is 12.8 Å². The van der Waals surface area contributed by atoms with Crippen LogP contribution in [0.5, 0.6) is 0 Å². The van der Waals surface area contributed by atoms with Crippen molar-refractivity contribution in [3.8, 4) is 0 Å². The summed E-state index contributed by atoms with van der Waals surface area (Å²) in [5.41, 5.74) is 0.980. The minimum atomic E-state index is -0.188. The molecule has 92 valence electrons. The number of aryl methyl sites for hydroxylation is 1. The molecular weight excluding hydrogens is 202 g/mol. The number of aromatic nitrogens is 2. The third kappa shape index (κ3) is 3.61. The van der Waals surface area contributed by atoms with Gasteiger partial charge in [-0.3, -0.25) is 4.68 Å². The molecule has 1 rings (SSSR count). The van der Waals surface area contributed by atoms with E-state index in [0.29, 0.717) is 0 Å². The van der Waals surface area contributed by atoms with Crippen LogP contribution >= 0.6 is 0 Å². The highest BCUT2D eigenvalue weighted by atomic mass is 16.3. The van der Waals surface area contributed by atoms with Gasteiger partial charge in [0.1, 0.15) is 0 Å². The number of rotatable bonds is 7. The van der Waals surface area contributed by atoms with E-state index >= 15 is 0 Å². The Morgan fingerprint density at radius 1 is 1.50 bits per heavy atom. The van der Waals surface area contributed by atoms with Crippen molar-refractivity contribution in [2.45, 2.75) is 52.2 Å². The van der Waals surface area contributed by atoms with Crippen LogP contribution in [0.3, 0.4) is 0 Å². The number of nitrogens with zero attached hydrogens (tertiary/aromatic N) is 2. The fraction of sp³-hybridized carbons (Fsp3) is 0.750. The number of aliphatic hydroxyl groups excluding tert-OH is 1. The van der Waals surface area contributed by atoms with E-state index in [0.717, 1.165) is 25.9 Å². The Balaban J connectivity index is 2.47. The van der Waals surface area contributed by atoms with E-state index in [4.69, 9.17) is 0 Å². The van der Waals surface area contributed by atoms with Crippen LogP contribution < -0.4 is 5.32 Å². The van der Waals surface area contributed by atoms with Crippen molar-refractivity contribution in [1.29, 1.82) is 0 Å². The van der Waals surface area contributed by atoms with E-state index < -0.39 is 0 Å². The zero-order valence-corrected chi connectivity index (χ0v) is 10.5. The smallest absolute Gasteiger partial charge is 0.0610 e. The molecule has 1 aromatic rings. The second-order valence-corrected chi connectivity index (χ2v) is 4.54. The van der Waals surface area contributed by atoms with Crippen LogP contribution in [-0.4, -0.2) is 27.0 Å². The molecule has 0 fully saturated rings. The van der Waals surface area contributed by atoms with Gasteiger partial charge in [0.25, 0.3) is 0 Å². The van der Waals surface area contributed by atoms with Crippen LogP contribution in [0.2, 0.25) is 0 Å². The summed E-state index contributed by atoms with van der Waals surface area (Å²) >= 11 is 0. The Hall–Kier alpha value is -0.870. The quantitative estimate of drug-likeness (QED) is 0.740. The Morgan fingerprint density at radius 2 is 2.25 bits per heavy atom. The molecule has 16 heavy (non-hydrogen) atoms. The molecule has 0 saturated heterocycles. The first-order chi connectivity index (χ1) is 7.63. The summed E-state index contributed by atoms with van der Waals surface area (Å²) in [4.78, 5) is 0. The summed E-state index contributed by atoms with van der Waals surface area (Å²) < 4.78 is 1.96. The van der Waals surface area contributed by atoms with Gasteiger partial charge in [-0.15, -0.1) is 0 Å². The molecule has 0 spiro atoms. The monoisotopic (exact) mass is 225 g/mol. The first-order valence-corrected chi connectivity index (χ1v) is 6.00. The Morgan fingerprint density at radius 3 is 2.81 bits per heavy atom. The molecule has 0 radical (unpaired) electrons. The maximum Gasteiger partial charge on any atom is 0.0610 e. The lowest BCUT2D eigenvalue weighted by Gasteiger charge is -2.26. The van der Waals surface area contributed by atoms with Gasteiger partial charge in [-0.25, -0.2) is 0 Å². The van der Waals surface area contributed by atoms with E-state index in [9.17, 15) is 5.11 Å². The van der Waals surface area contributed by atoms with E-state index in [-0.39, 0.29) is 12.1 Å². The molecule has 0 saturated carbocycles. The van der Waals surface area contributed by atoms with Crippen molar-refractivity contribution in [2.24, 2.45) is 0 Å². The minimum Gasteiger partial charge on any atom is -0.394 e. The molecule has 4 heteroatoms. The van der Waals surface area contributed by atoms with Crippen LogP contribution in [0.4, 0.5) is 0 Å². The molecule has 0 aliphatic heterocycles. The van der Waals surface area contributed by atoms with Crippen molar-refractivity contribution in [3.63, 3.8) is 0 Å². The third-order valence-corrected chi connectivity index (χ3v) is 2.99. The summed E-state index contributed by atoms with van der Waals surface area (Å²) in [6.45, 7) is 8.12. The SMILES string of the molecule is CCCn1cc(CNC(C)(CC)CO)cn1. The second kappa shape index (κ2) is 6.01. The Kier molecular flexibility index (Phi) is 4.96. The number of nitrogens with one attached hydrogen (secondary N) is 1. The molecule has 2 N–H and O–H groups in total. The van der Waals surface area contributed by atoms with Gasteiger partial charge < -0.3 is 10.4 Å². The highest BCUT2D eigenvalue weighted by Crippen LogP contribution is 2.09. The number of aliphatic hydroxyl groups is 1. The van der Waals surface area contributed by atoms with Crippen molar-refractivity contribution in [2.75, 3.05) is 6.61 Å². The summed E-state index contributed by atoms with van der Waals surface area (Å²) in [6, 6.07) is 0. The summed E-state index contributed by atoms with van der Waals surface area (Å²) in [6.07, 6.45) is 5.95. The topological polar surface area (TPSA) is 50.1 Å². The van der Waals surface area contributed by atoms with Crippen LogP contribution in [-0.2, 0) is 13.1 Å². The maximum absolute atomic E-state index is 9.27. The van der Waals surface area contributed by atoms with Crippen LogP contribution in [0, 0.1) is 0 Å². The van der Waals surface area contributed by atoms with Gasteiger partial charge in [-0.1, -0.05) is 13.8 Å². The average molecular weight is 225 g/mol. The summed E-state index contributed by atoms with van der Waals surface area (Å²) in [5.74, 6) is 0. The van der Waals surface area contributed by atoms with Gasteiger partial charge in [0.15, 0.2) is 0 Å². The first-order valence-electron chi connectivity index (χ1n) is 6.00. The normalized spacial score (nSPS) is 15.0. The zero-order valence-electron chi connectivity index (χ0n) is 10.5. The van der Waals surface area contributed by atoms with Crippen molar-refractivity contribution < 1.29 is 5.11 Å². The zero-order chi connectivity index (χ0) is 12.0. The Labute approximate surface area is 97.7 Å². The predicted molar refractivity (Wildman–Crippen MR) is 65.1 cm³/mol. The van der Waals surface area contributed by atoms with E-state index in [2.05, 4.69) is 30.5 Å². The number of hydrogen-bond acceptors (Lipinski definition) is 3. The second-order valence-electron chi connectivity index (χ2n) is 4.54. The standard InChI is InChI=1S/C12H23N3O/c1-4-6-15-9-11(8-14-15)7-13-12(3,5-2)10-16/h8-9,13,16H,4-7,10H2,1-3H3. The third-order valence-electron chi connectivity index (χ3n) is 2.99. The van der Waals surface area contributed by atoms with E-state index in [1.165, 1.54) is 5.56 Å². The van der Waals surface area contributed by atoms with Gasteiger partial charge in [0.2, 0.25) is 0 Å². The van der Waals surface area contributed by atoms with Gasteiger partial charge in [0, 0.05) is 30.4 Å². The fourth-order valence-electron chi connectivity index (χ4n) is 1.46. The summed E-state index contributed by atoms with van der Waals surface area (Å²) in [7, 11) is 0. The van der Waals surface area contributed by atoms with Crippen LogP contribution in [0.25, 0.3) is 0 Å². The molecule has 1 unspecified atom stereocenters. The van der Waals surface area contributed by atoms with Crippen LogP contribution in [0.15, 0.2) is 12.4 Å². The lowest BCUT2D eigenvalue weighted by molar-refractivity contribution is 0.169. The largest absolute Gasteiger partial charge is 0.394 e. The predicted octanol–water partition coefficient (Wildman–Crippen LogP) is 1.54. The molecular formula is C12H23N3O. The Bertz CT molecular complexity index is 305. The average Bonchev–Trinajstić information content (AvgIpc) is 2.74.